The number of hydrogen-bond acceptors (Lipinski definition) is 2. The zero-order valence-corrected chi connectivity index (χ0v) is 11.2. The van der Waals surface area contributed by atoms with Gasteiger partial charge < -0.3 is 11.1 Å². The molecule has 2 aromatic rings. The average Bonchev–Trinajstić information content (AvgIpc) is 2.27. The molecule has 0 fully saturated rings. The first kappa shape index (κ1) is 13.5. The molecule has 0 unspecified atom stereocenters. The molecule has 0 saturated carbocycles. The Labute approximate surface area is 116 Å². The number of halogens is 3. The second-order valence-electron chi connectivity index (χ2n) is 3.82. The van der Waals surface area contributed by atoms with Gasteiger partial charge in [-0.25, -0.2) is 8.78 Å². The molecule has 6 heteroatoms. The van der Waals surface area contributed by atoms with Crippen LogP contribution in [0.1, 0.15) is 10.4 Å². The molecule has 0 radical (unpaired) electrons. The van der Waals surface area contributed by atoms with E-state index in [0.717, 1.165) is 12.1 Å². The number of rotatable bonds is 2. The van der Waals surface area contributed by atoms with Gasteiger partial charge in [0.05, 0.1) is 0 Å². The second-order valence-corrected chi connectivity index (χ2v) is 4.74. The molecule has 0 aliphatic rings. The number of anilines is 2. The van der Waals surface area contributed by atoms with E-state index >= 15 is 0 Å². The molecule has 0 bridgehead atoms. The Hall–Kier alpha value is -1.95. The van der Waals surface area contributed by atoms with Crippen LogP contribution < -0.4 is 11.1 Å². The van der Waals surface area contributed by atoms with E-state index in [0.29, 0.717) is 11.4 Å². The first-order chi connectivity index (χ1) is 8.97. The standard InChI is InChI=1S/C13H9BrF2N2O/c14-7-4-10(15)12(11(16)5-7)13(19)18-9-3-1-2-8(17)6-9/h1-6H,17H2,(H,18,19). The maximum Gasteiger partial charge on any atom is 0.261 e. The van der Waals surface area contributed by atoms with Gasteiger partial charge in [-0.05, 0) is 30.3 Å². The van der Waals surface area contributed by atoms with Crippen LogP contribution in [0.3, 0.4) is 0 Å². The van der Waals surface area contributed by atoms with Crippen molar-refractivity contribution < 1.29 is 13.6 Å². The maximum atomic E-state index is 13.6. The van der Waals surface area contributed by atoms with Crippen LogP contribution in [0.2, 0.25) is 0 Å². The van der Waals surface area contributed by atoms with Crippen molar-refractivity contribution >= 4 is 33.2 Å². The fourth-order valence-corrected chi connectivity index (χ4v) is 1.97. The molecule has 2 rings (SSSR count). The van der Waals surface area contributed by atoms with E-state index in [2.05, 4.69) is 21.2 Å². The number of nitrogens with two attached hydrogens (primary N) is 1. The molecule has 98 valence electrons. The highest BCUT2D eigenvalue weighted by Gasteiger charge is 2.18. The molecule has 19 heavy (non-hydrogen) atoms. The van der Waals surface area contributed by atoms with Gasteiger partial charge >= 0.3 is 0 Å². The topological polar surface area (TPSA) is 55.1 Å². The molecule has 0 spiro atoms. The number of hydrogen-bond donors (Lipinski definition) is 2. The van der Waals surface area contributed by atoms with Crippen molar-refractivity contribution in [1.29, 1.82) is 0 Å². The Morgan fingerprint density at radius 1 is 1.16 bits per heavy atom. The number of nitrogens with one attached hydrogen (secondary N) is 1. The minimum atomic E-state index is -0.937. The number of nitrogen functional groups attached to an aromatic ring is 1. The summed E-state index contributed by atoms with van der Waals surface area (Å²) in [5, 5.41) is 2.39. The van der Waals surface area contributed by atoms with Crippen molar-refractivity contribution in [2.24, 2.45) is 0 Å². The molecule has 3 nitrogen and oxygen atoms in total. The fraction of sp³-hybridized carbons (Fsp3) is 0. The Morgan fingerprint density at radius 3 is 2.37 bits per heavy atom. The minimum Gasteiger partial charge on any atom is -0.399 e. The van der Waals surface area contributed by atoms with Gasteiger partial charge in [0.15, 0.2) is 0 Å². The van der Waals surface area contributed by atoms with Crippen molar-refractivity contribution in [3.8, 4) is 0 Å². The predicted molar refractivity (Wildman–Crippen MR) is 72.9 cm³/mol. The molecular weight excluding hydrogens is 318 g/mol. The van der Waals surface area contributed by atoms with Crippen LogP contribution in [0.5, 0.6) is 0 Å². The summed E-state index contributed by atoms with van der Waals surface area (Å²) in [5.74, 6) is -2.74. The van der Waals surface area contributed by atoms with Crippen LogP contribution in [0.15, 0.2) is 40.9 Å². The van der Waals surface area contributed by atoms with Crippen molar-refractivity contribution in [3.05, 3.63) is 58.1 Å². The molecule has 0 aromatic heterocycles. The average molecular weight is 327 g/mol. The summed E-state index contributed by atoms with van der Waals surface area (Å²) in [5.41, 5.74) is 5.72. The highest BCUT2D eigenvalue weighted by molar-refractivity contribution is 9.10. The molecule has 3 N–H and O–H groups in total. The van der Waals surface area contributed by atoms with Gasteiger partial charge in [-0.3, -0.25) is 4.79 Å². The normalized spacial score (nSPS) is 10.3. The lowest BCUT2D eigenvalue weighted by Gasteiger charge is -2.08. The molecular formula is C13H9BrF2N2O. The summed E-state index contributed by atoms with van der Waals surface area (Å²) in [4.78, 5) is 11.8. The third-order valence-corrected chi connectivity index (χ3v) is 2.84. The van der Waals surface area contributed by atoms with Gasteiger partial charge in [-0.15, -0.1) is 0 Å². The third-order valence-electron chi connectivity index (χ3n) is 2.38. The fourth-order valence-electron chi connectivity index (χ4n) is 1.57. The number of benzene rings is 2. The van der Waals surface area contributed by atoms with Gasteiger partial charge in [0.1, 0.15) is 17.2 Å². The SMILES string of the molecule is Nc1cccc(NC(=O)c2c(F)cc(Br)cc2F)c1. The largest absolute Gasteiger partial charge is 0.399 e. The van der Waals surface area contributed by atoms with E-state index < -0.39 is 23.1 Å². The Kier molecular flexibility index (Phi) is 3.80. The highest BCUT2D eigenvalue weighted by atomic mass is 79.9. The summed E-state index contributed by atoms with van der Waals surface area (Å²) in [7, 11) is 0. The summed E-state index contributed by atoms with van der Waals surface area (Å²) in [6.07, 6.45) is 0. The lowest BCUT2D eigenvalue weighted by Crippen LogP contribution is -2.16. The number of amides is 1. The van der Waals surface area contributed by atoms with Gasteiger partial charge in [0, 0.05) is 15.8 Å². The van der Waals surface area contributed by atoms with E-state index in [1.54, 1.807) is 18.2 Å². The zero-order valence-electron chi connectivity index (χ0n) is 9.58. The Bertz CT molecular complexity index is 623. The van der Waals surface area contributed by atoms with Crippen LogP contribution in [0, 0.1) is 11.6 Å². The molecule has 0 aliphatic carbocycles. The van der Waals surface area contributed by atoms with E-state index in [4.69, 9.17) is 5.73 Å². The lowest BCUT2D eigenvalue weighted by atomic mass is 10.1. The van der Waals surface area contributed by atoms with Crippen molar-refractivity contribution in [3.63, 3.8) is 0 Å². The summed E-state index contributed by atoms with van der Waals surface area (Å²) in [6.45, 7) is 0. The first-order valence-corrected chi connectivity index (χ1v) is 6.08. The molecule has 1 amide bonds. The van der Waals surface area contributed by atoms with Crippen molar-refractivity contribution in [2.75, 3.05) is 11.1 Å². The molecule has 0 saturated heterocycles. The highest BCUT2D eigenvalue weighted by Crippen LogP contribution is 2.21. The zero-order chi connectivity index (χ0) is 14.0. The van der Waals surface area contributed by atoms with Gasteiger partial charge in [0.2, 0.25) is 0 Å². The first-order valence-electron chi connectivity index (χ1n) is 5.29. The van der Waals surface area contributed by atoms with E-state index in [9.17, 15) is 13.6 Å². The van der Waals surface area contributed by atoms with Gasteiger partial charge in [-0.1, -0.05) is 22.0 Å². The number of carbonyl (C=O) groups is 1. The van der Waals surface area contributed by atoms with Crippen LogP contribution >= 0.6 is 15.9 Å². The third kappa shape index (κ3) is 3.08. The molecule has 0 atom stereocenters. The molecule has 2 aromatic carbocycles. The quantitative estimate of drug-likeness (QED) is 0.829. The lowest BCUT2D eigenvalue weighted by molar-refractivity contribution is 0.101. The summed E-state index contributed by atoms with van der Waals surface area (Å²) >= 11 is 2.94. The molecule has 0 heterocycles. The predicted octanol–water partition coefficient (Wildman–Crippen LogP) is 3.56. The van der Waals surface area contributed by atoms with Crippen molar-refractivity contribution in [2.45, 2.75) is 0 Å². The summed E-state index contributed by atoms with van der Waals surface area (Å²) < 4.78 is 27.4. The number of carbonyl (C=O) groups excluding carboxylic acids is 1. The Morgan fingerprint density at radius 2 is 1.79 bits per heavy atom. The second kappa shape index (κ2) is 5.36. The monoisotopic (exact) mass is 326 g/mol. The van der Waals surface area contributed by atoms with E-state index in [-0.39, 0.29) is 4.47 Å². The molecule has 0 aliphatic heterocycles. The van der Waals surface area contributed by atoms with Crippen LogP contribution in [-0.2, 0) is 0 Å². The van der Waals surface area contributed by atoms with E-state index in [1.807, 2.05) is 0 Å². The van der Waals surface area contributed by atoms with Crippen LogP contribution in [0.25, 0.3) is 0 Å². The van der Waals surface area contributed by atoms with Gasteiger partial charge in [0.25, 0.3) is 5.91 Å². The van der Waals surface area contributed by atoms with Crippen LogP contribution in [-0.4, -0.2) is 5.91 Å². The van der Waals surface area contributed by atoms with Gasteiger partial charge in [-0.2, -0.15) is 0 Å². The van der Waals surface area contributed by atoms with Crippen LogP contribution in [0.4, 0.5) is 20.2 Å². The Balaban J connectivity index is 2.31. The smallest absolute Gasteiger partial charge is 0.261 e. The van der Waals surface area contributed by atoms with E-state index in [1.165, 1.54) is 6.07 Å². The minimum absolute atomic E-state index is 0.225. The maximum absolute atomic E-state index is 13.6. The van der Waals surface area contributed by atoms with Crippen molar-refractivity contribution in [1.82, 2.24) is 0 Å². The summed E-state index contributed by atoms with van der Waals surface area (Å²) in [6, 6.07) is 8.37.